The topological polar surface area (TPSA) is 55.6 Å². The number of hydrogen-bond acceptors (Lipinski definition) is 6. The first kappa shape index (κ1) is 16.5. The smallest absolute Gasteiger partial charge is 0.232 e. The van der Waals surface area contributed by atoms with Crippen LogP contribution in [0.4, 0.5) is 0 Å². The summed E-state index contributed by atoms with van der Waals surface area (Å²) in [5.41, 5.74) is 0.870. The lowest BCUT2D eigenvalue weighted by atomic mass is 10.2. The van der Waals surface area contributed by atoms with Crippen LogP contribution in [0, 0.1) is 0 Å². The van der Waals surface area contributed by atoms with Crippen LogP contribution in [-0.4, -0.2) is 47.0 Å². The lowest BCUT2D eigenvalue weighted by Crippen LogP contribution is -2.48. The zero-order chi connectivity index (χ0) is 16.2. The highest BCUT2D eigenvalue weighted by atomic mass is 32.2. The number of aromatic nitrogens is 1. The maximum absolute atomic E-state index is 12.3. The number of nitrogens with zero attached hydrogens (tertiary/aromatic N) is 2. The van der Waals surface area contributed by atoms with E-state index in [1.165, 1.54) is 0 Å². The molecule has 0 aliphatic carbocycles. The molecule has 0 radical (unpaired) electrons. The Morgan fingerprint density at radius 1 is 1.43 bits per heavy atom. The molecule has 0 spiro atoms. The summed E-state index contributed by atoms with van der Waals surface area (Å²) in [6, 6.07) is 5.94. The highest BCUT2D eigenvalue weighted by Gasteiger charge is 2.25. The number of rotatable bonds is 5. The lowest BCUT2D eigenvalue weighted by Gasteiger charge is -2.35. The Hall–Kier alpha value is -1.31. The second-order valence-corrected chi connectivity index (χ2v) is 7.64. The zero-order valence-corrected chi connectivity index (χ0v) is 14.9. The molecule has 0 saturated carbocycles. The summed E-state index contributed by atoms with van der Waals surface area (Å²) in [6.07, 6.45) is 0.216. The third-order valence-electron chi connectivity index (χ3n) is 3.57. The summed E-state index contributed by atoms with van der Waals surface area (Å²) in [5.74, 6) is 2.09. The number of thioether (sulfide) groups is 1. The van der Waals surface area contributed by atoms with Gasteiger partial charge >= 0.3 is 0 Å². The largest absolute Gasteiger partial charge is 0.372 e. The first-order valence-corrected chi connectivity index (χ1v) is 9.65. The van der Waals surface area contributed by atoms with Gasteiger partial charge in [-0.1, -0.05) is 11.2 Å². The van der Waals surface area contributed by atoms with E-state index in [-0.39, 0.29) is 18.1 Å². The van der Waals surface area contributed by atoms with Crippen LogP contribution in [0.15, 0.2) is 28.1 Å². The summed E-state index contributed by atoms with van der Waals surface area (Å²) < 4.78 is 11.0. The molecule has 2 aromatic rings. The normalized spacial score (nSPS) is 21.6. The fourth-order valence-electron chi connectivity index (χ4n) is 2.63. The maximum atomic E-state index is 12.3. The van der Waals surface area contributed by atoms with Crippen LogP contribution in [-0.2, 0) is 15.3 Å². The Kier molecular flexibility index (Phi) is 5.40. The summed E-state index contributed by atoms with van der Waals surface area (Å²) in [4.78, 5) is 15.2. The summed E-state index contributed by atoms with van der Waals surface area (Å²) in [6.45, 7) is 5.36. The minimum Gasteiger partial charge on any atom is -0.372 e. The lowest BCUT2D eigenvalue weighted by molar-refractivity contribution is -0.140. The van der Waals surface area contributed by atoms with Gasteiger partial charge in [-0.3, -0.25) is 4.79 Å². The number of morpholine rings is 1. The molecule has 2 atom stereocenters. The van der Waals surface area contributed by atoms with Gasteiger partial charge in [0.1, 0.15) is 0 Å². The Morgan fingerprint density at radius 2 is 2.22 bits per heavy atom. The van der Waals surface area contributed by atoms with Crippen molar-refractivity contribution in [2.45, 2.75) is 31.8 Å². The molecule has 0 bridgehead atoms. The molecule has 0 aromatic carbocycles. The second kappa shape index (κ2) is 7.51. The van der Waals surface area contributed by atoms with Gasteiger partial charge in [0.05, 0.1) is 28.5 Å². The van der Waals surface area contributed by atoms with Crippen LogP contribution in [0.25, 0.3) is 10.6 Å². The van der Waals surface area contributed by atoms with Gasteiger partial charge in [0.2, 0.25) is 5.91 Å². The Morgan fingerprint density at radius 3 is 2.91 bits per heavy atom. The molecule has 1 aliphatic rings. The Balaban J connectivity index is 1.47. The standard InChI is InChI=1S/C16H20N2O3S2/c1-11-7-18(8-12(2)20-11)16(19)10-22-9-13-6-14(21-17-13)15-4-3-5-23-15/h3-6,11-12H,7-10H2,1-2H3/t11-,12-/m1/s1. The van der Waals surface area contributed by atoms with E-state index >= 15 is 0 Å². The number of ether oxygens (including phenoxy) is 1. The van der Waals surface area contributed by atoms with Gasteiger partial charge in [-0.25, -0.2) is 0 Å². The predicted octanol–water partition coefficient (Wildman–Crippen LogP) is 3.27. The van der Waals surface area contributed by atoms with Gasteiger partial charge in [-0.15, -0.1) is 23.1 Å². The molecule has 23 heavy (non-hydrogen) atoms. The van der Waals surface area contributed by atoms with Gasteiger partial charge in [-0.05, 0) is 25.3 Å². The van der Waals surface area contributed by atoms with Crippen LogP contribution >= 0.6 is 23.1 Å². The molecule has 0 unspecified atom stereocenters. The molecule has 2 aromatic heterocycles. The maximum Gasteiger partial charge on any atom is 0.232 e. The first-order valence-electron chi connectivity index (χ1n) is 7.62. The second-order valence-electron chi connectivity index (χ2n) is 5.71. The van der Waals surface area contributed by atoms with Crippen LogP contribution in [0.5, 0.6) is 0 Å². The van der Waals surface area contributed by atoms with Crippen LogP contribution in [0.3, 0.4) is 0 Å². The number of hydrogen-bond donors (Lipinski definition) is 0. The molecule has 5 nitrogen and oxygen atoms in total. The predicted molar refractivity (Wildman–Crippen MR) is 92.6 cm³/mol. The highest BCUT2D eigenvalue weighted by molar-refractivity contribution is 7.99. The van der Waals surface area contributed by atoms with Crippen molar-refractivity contribution >= 4 is 29.0 Å². The fraction of sp³-hybridized carbons (Fsp3) is 0.500. The molecule has 3 heterocycles. The molecule has 0 N–H and O–H groups in total. The van der Waals surface area contributed by atoms with Gasteiger partial charge in [0, 0.05) is 24.9 Å². The molecule has 1 fully saturated rings. The number of thiophene rings is 1. The van der Waals surface area contributed by atoms with E-state index in [1.54, 1.807) is 23.1 Å². The van der Waals surface area contributed by atoms with E-state index in [0.717, 1.165) is 16.3 Å². The summed E-state index contributed by atoms with van der Waals surface area (Å²) in [7, 11) is 0. The van der Waals surface area contributed by atoms with Crippen molar-refractivity contribution < 1.29 is 14.1 Å². The average Bonchev–Trinajstić information content (AvgIpc) is 3.17. The van der Waals surface area contributed by atoms with Gasteiger partial charge in [0.25, 0.3) is 0 Å². The summed E-state index contributed by atoms with van der Waals surface area (Å²) >= 11 is 3.19. The monoisotopic (exact) mass is 352 g/mol. The van der Waals surface area contributed by atoms with Crippen molar-refractivity contribution in [3.8, 4) is 10.6 Å². The third-order valence-corrected chi connectivity index (χ3v) is 5.41. The van der Waals surface area contributed by atoms with Gasteiger partial charge < -0.3 is 14.2 Å². The molecular formula is C16H20N2O3S2. The van der Waals surface area contributed by atoms with Gasteiger partial charge in [0.15, 0.2) is 5.76 Å². The molecular weight excluding hydrogens is 332 g/mol. The van der Waals surface area contributed by atoms with E-state index in [2.05, 4.69) is 5.16 Å². The fourth-order valence-corrected chi connectivity index (χ4v) is 4.11. The van der Waals surface area contributed by atoms with E-state index < -0.39 is 0 Å². The highest BCUT2D eigenvalue weighted by Crippen LogP contribution is 2.26. The van der Waals surface area contributed by atoms with Crippen molar-refractivity contribution in [2.75, 3.05) is 18.8 Å². The van der Waals surface area contributed by atoms with E-state index in [1.807, 2.05) is 42.3 Å². The molecule has 3 rings (SSSR count). The number of amides is 1. The van der Waals surface area contributed by atoms with Crippen molar-refractivity contribution in [1.29, 1.82) is 0 Å². The SMILES string of the molecule is C[C@@H]1CN(C(=O)CSCc2cc(-c3cccs3)on2)C[C@@H](C)O1. The van der Waals surface area contributed by atoms with Crippen molar-refractivity contribution in [1.82, 2.24) is 10.1 Å². The van der Waals surface area contributed by atoms with Crippen LogP contribution in [0.2, 0.25) is 0 Å². The van der Waals surface area contributed by atoms with Gasteiger partial charge in [-0.2, -0.15) is 0 Å². The number of carbonyl (C=O) groups excluding carboxylic acids is 1. The Bertz CT molecular complexity index is 632. The third kappa shape index (κ3) is 4.37. The van der Waals surface area contributed by atoms with E-state index in [0.29, 0.717) is 24.6 Å². The number of carbonyl (C=O) groups is 1. The Labute approximate surface area is 144 Å². The molecule has 1 saturated heterocycles. The van der Waals surface area contributed by atoms with E-state index in [9.17, 15) is 4.79 Å². The van der Waals surface area contributed by atoms with E-state index in [4.69, 9.17) is 9.26 Å². The zero-order valence-electron chi connectivity index (χ0n) is 13.2. The van der Waals surface area contributed by atoms with Crippen molar-refractivity contribution in [3.05, 3.63) is 29.3 Å². The van der Waals surface area contributed by atoms with Crippen molar-refractivity contribution in [3.63, 3.8) is 0 Å². The first-order chi connectivity index (χ1) is 11.1. The average molecular weight is 352 g/mol. The van der Waals surface area contributed by atoms with Crippen LogP contribution < -0.4 is 0 Å². The molecule has 1 amide bonds. The molecule has 124 valence electrons. The minimum atomic E-state index is 0.108. The quantitative estimate of drug-likeness (QED) is 0.827. The van der Waals surface area contributed by atoms with Crippen LogP contribution in [0.1, 0.15) is 19.5 Å². The summed E-state index contributed by atoms with van der Waals surface area (Å²) in [5, 5.41) is 6.08. The van der Waals surface area contributed by atoms with Crippen molar-refractivity contribution in [2.24, 2.45) is 0 Å². The molecule has 7 heteroatoms. The minimum absolute atomic E-state index is 0.108. The molecule has 1 aliphatic heterocycles.